The van der Waals surface area contributed by atoms with Gasteiger partial charge in [-0.2, -0.15) is 4.72 Å². The van der Waals surface area contributed by atoms with Crippen LogP contribution in [-0.2, 0) is 21.4 Å². The largest absolute Gasteiger partial charge is 0.497 e. The van der Waals surface area contributed by atoms with Gasteiger partial charge in [-0.15, -0.1) is 0 Å². The van der Waals surface area contributed by atoms with Crippen molar-refractivity contribution >= 4 is 15.9 Å². The second-order valence-electron chi connectivity index (χ2n) is 5.22. The van der Waals surface area contributed by atoms with Crippen LogP contribution in [0.3, 0.4) is 0 Å². The van der Waals surface area contributed by atoms with Crippen molar-refractivity contribution in [2.75, 3.05) is 7.11 Å². The fourth-order valence-electron chi connectivity index (χ4n) is 2.05. The van der Waals surface area contributed by atoms with Crippen molar-refractivity contribution in [3.63, 3.8) is 0 Å². The highest BCUT2D eigenvalue weighted by Gasteiger charge is 2.21. The highest BCUT2D eigenvalue weighted by atomic mass is 32.2. The number of amides is 1. The number of sulfonamides is 1. The highest BCUT2D eigenvalue weighted by molar-refractivity contribution is 7.89. The lowest BCUT2D eigenvalue weighted by atomic mass is 10.2. The van der Waals surface area contributed by atoms with Gasteiger partial charge in [0.2, 0.25) is 15.9 Å². The van der Waals surface area contributed by atoms with E-state index in [4.69, 9.17) is 4.74 Å². The van der Waals surface area contributed by atoms with E-state index in [1.165, 1.54) is 26.2 Å². The smallest absolute Gasteiger partial charge is 0.241 e. The molecule has 0 aliphatic heterocycles. The van der Waals surface area contributed by atoms with Crippen molar-refractivity contribution in [2.24, 2.45) is 0 Å². The third kappa shape index (κ3) is 4.81. The first kappa shape index (κ1) is 18.0. The average Bonchev–Trinajstić information content (AvgIpc) is 2.60. The number of hydrogen-bond acceptors (Lipinski definition) is 4. The molecule has 0 saturated carbocycles. The molecular weight excluding hydrogens is 328 g/mol. The van der Waals surface area contributed by atoms with E-state index in [1.807, 2.05) is 30.3 Å². The Morgan fingerprint density at radius 3 is 2.29 bits per heavy atom. The van der Waals surface area contributed by atoms with E-state index in [0.717, 1.165) is 5.56 Å². The number of rotatable bonds is 7. The molecule has 6 nitrogen and oxygen atoms in total. The van der Waals surface area contributed by atoms with Gasteiger partial charge in [0, 0.05) is 6.54 Å². The van der Waals surface area contributed by atoms with Crippen LogP contribution in [0.4, 0.5) is 0 Å². The summed E-state index contributed by atoms with van der Waals surface area (Å²) in [6, 6.07) is 14.5. The van der Waals surface area contributed by atoms with E-state index in [9.17, 15) is 13.2 Å². The molecule has 24 heavy (non-hydrogen) atoms. The monoisotopic (exact) mass is 348 g/mol. The van der Waals surface area contributed by atoms with Gasteiger partial charge in [-0.3, -0.25) is 4.79 Å². The molecule has 2 aromatic rings. The quantitative estimate of drug-likeness (QED) is 0.797. The summed E-state index contributed by atoms with van der Waals surface area (Å²) in [6.45, 7) is 1.84. The molecule has 128 valence electrons. The summed E-state index contributed by atoms with van der Waals surface area (Å²) >= 11 is 0. The van der Waals surface area contributed by atoms with Gasteiger partial charge in [0.25, 0.3) is 0 Å². The Hall–Kier alpha value is -2.38. The standard InChI is InChI=1S/C17H20N2O4S/c1-13(17(20)18-12-14-6-4-3-5-7-14)19-24(21,22)16-10-8-15(23-2)9-11-16/h3-11,13,19H,12H2,1-2H3,(H,18,20). The molecule has 1 unspecified atom stereocenters. The number of carbonyl (C=O) groups is 1. The van der Waals surface area contributed by atoms with E-state index in [1.54, 1.807) is 12.1 Å². The Morgan fingerprint density at radius 2 is 1.71 bits per heavy atom. The molecule has 0 spiro atoms. The van der Waals surface area contributed by atoms with E-state index in [0.29, 0.717) is 12.3 Å². The average molecular weight is 348 g/mol. The Morgan fingerprint density at radius 1 is 1.08 bits per heavy atom. The predicted molar refractivity (Wildman–Crippen MR) is 91.1 cm³/mol. The SMILES string of the molecule is COc1ccc(S(=O)(=O)NC(C)C(=O)NCc2ccccc2)cc1. The molecule has 0 aliphatic carbocycles. The maximum atomic E-state index is 12.3. The van der Waals surface area contributed by atoms with Gasteiger partial charge in [-0.05, 0) is 36.8 Å². The topological polar surface area (TPSA) is 84.5 Å². The minimum Gasteiger partial charge on any atom is -0.497 e. The molecule has 2 N–H and O–H groups in total. The van der Waals surface area contributed by atoms with Crippen molar-refractivity contribution in [1.82, 2.24) is 10.0 Å². The molecule has 0 radical (unpaired) electrons. The van der Waals surface area contributed by atoms with Crippen molar-refractivity contribution in [3.8, 4) is 5.75 Å². The molecular formula is C17H20N2O4S. The summed E-state index contributed by atoms with van der Waals surface area (Å²) in [4.78, 5) is 12.1. The van der Waals surface area contributed by atoms with Crippen molar-refractivity contribution in [3.05, 3.63) is 60.2 Å². The van der Waals surface area contributed by atoms with Gasteiger partial charge < -0.3 is 10.1 Å². The number of ether oxygens (including phenoxy) is 1. The zero-order valence-electron chi connectivity index (χ0n) is 13.5. The minimum atomic E-state index is -3.78. The molecule has 0 bridgehead atoms. The van der Waals surface area contributed by atoms with Crippen LogP contribution in [-0.4, -0.2) is 27.5 Å². The molecule has 0 aliphatic rings. The van der Waals surface area contributed by atoms with Gasteiger partial charge in [-0.25, -0.2) is 8.42 Å². The van der Waals surface area contributed by atoms with Crippen molar-refractivity contribution < 1.29 is 17.9 Å². The number of carbonyl (C=O) groups excluding carboxylic acids is 1. The molecule has 0 saturated heterocycles. The van der Waals surface area contributed by atoms with Gasteiger partial charge in [-0.1, -0.05) is 30.3 Å². The maximum Gasteiger partial charge on any atom is 0.241 e. The van der Waals surface area contributed by atoms with Crippen LogP contribution in [0, 0.1) is 0 Å². The zero-order valence-corrected chi connectivity index (χ0v) is 14.3. The van der Waals surface area contributed by atoms with Crippen molar-refractivity contribution in [2.45, 2.75) is 24.4 Å². The lowest BCUT2D eigenvalue weighted by Crippen LogP contribution is -2.44. The molecule has 1 amide bonds. The maximum absolute atomic E-state index is 12.3. The van der Waals surface area contributed by atoms with Crippen LogP contribution in [0.1, 0.15) is 12.5 Å². The number of methoxy groups -OCH3 is 1. The Labute approximate surface area is 141 Å². The van der Waals surface area contributed by atoms with Crippen molar-refractivity contribution in [1.29, 1.82) is 0 Å². The van der Waals surface area contributed by atoms with Crippen LogP contribution >= 0.6 is 0 Å². The Bertz CT molecular complexity index is 774. The third-order valence-electron chi connectivity index (χ3n) is 3.40. The molecule has 1 atom stereocenters. The Kier molecular flexibility index (Phi) is 5.94. The first-order valence-corrected chi connectivity index (χ1v) is 8.89. The summed E-state index contributed by atoms with van der Waals surface area (Å²) in [7, 11) is -2.28. The summed E-state index contributed by atoms with van der Waals surface area (Å²) in [5, 5.41) is 2.71. The lowest BCUT2D eigenvalue weighted by Gasteiger charge is -2.14. The summed E-state index contributed by atoms with van der Waals surface area (Å²) in [5.41, 5.74) is 0.941. The summed E-state index contributed by atoms with van der Waals surface area (Å²) in [5.74, 6) is 0.165. The Balaban J connectivity index is 1.96. The van der Waals surface area contributed by atoms with Crippen LogP contribution < -0.4 is 14.8 Å². The van der Waals surface area contributed by atoms with E-state index in [-0.39, 0.29) is 4.90 Å². The minimum absolute atomic E-state index is 0.0750. The first-order chi connectivity index (χ1) is 11.4. The van der Waals surface area contributed by atoms with E-state index >= 15 is 0 Å². The normalized spacial score (nSPS) is 12.4. The number of nitrogens with one attached hydrogen (secondary N) is 2. The van der Waals surface area contributed by atoms with Gasteiger partial charge in [0.15, 0.2) is 0 Å². The number of hydrogen-bond donors (Lipinski definition) is 2. The van der Waals surface area contributed by atoms with Gasteiger partial charge in [0.1, 0.15) is 5.75 Å². The highest BCUT2D eigenvalue weighted by Crippen LogP contribution is 2.15. The van der Waals surface area contributed by atoms with E-state index < -0.39 is 22.0 Å². The summed E-state index contributed by atoms with van der Waals surface area (Å²) < 4.78 is 31.9. The fourth-order valence-corrected chi connectivity index (χ4v) is 3.25. The molecule has 0 heterocycles. The first-order valence-electron chi connectivity index (χ1n) is 7.40. The second-order valence-corrected chi connectivity index (χ2v) is 6.94. The predicted octanol–water partition coefficient (Wildman–Crippen LogP) is 1.68. The molecule has 2 rings (SSSR count). The fraction of sp³-hybridized carbons (Fsp3) is 0.235. The van der Waals surface area contributed by atoms with Gasteiger partial charge >= 0.3 is 0 Å². The van der Waals surface area contributed by atoms with E-state index in [2.05, 4.69) is 10.0 Å². The van der Waals surface area contributed by atoms with Crippen LogP contribution in [0.25, 0.3) is 0 Å². The van der Waals surface area contributed by atoms with Crippen LogP contribution in [0.5, 0.6) is 5.75 Å². The molecule has 7 heteroatoms. The molecule has 0 fully saturated rings. The molecule has 0 aromatic heterocycles. The zero-order chi connectivity index (χ0) is 17.6. The second kappa shape index (κ2) is 7.94. The third-order valence-corrected chi connectivity index (χ3v) is 4.96. The van der Waals surface area contributed by atoms with Crippen LogP contribution in [0.15, 0.2) is 59.5 Å². The lowest BCUT2D eigenvalue weighted by molar-refractivity contribution is -0.122. The van der Waals surface area contributed by atoms with Gasteiger partial charge in [0.05, 0.1) is 18.0 Å². The number of benzene rings is 2. The molecule has 2 aromatic carbocycles. The van der Waals surface area contributed by atoms with Crippen LogP contribution in [0.2, 0.25) is 0 Å². The summed E-state index contributed by atoms with van der Waals surface area (Å²) in [6.07, 6.45) is 0.